The summed E-state index contributed by atoms with van der Waals surface area (Å²) in [6.45, 7) is 3.26. The van der Waals surface area contributed by atoms with E-state index in [2.05, 4.69) is 18.0 Å². The van der Waals surface area contributed by atoms with Crippen LogP contribution in [-0.2, 0) is 0 Å². The van der Waals surface area contributed by atoms with E-state index in [1.165, 1.54) is 12.8 Å². The highest BCUT2D eigenvalue weighted by molar-refractivity contribution is 5.11. The summed E-state index contributed by atoms with van der Waals surface area (Å²) in [4.78, 5) is 2.16. The summed E-state index contributed by atoms with van der Waals surface area (Å²) >= 11 is 0. The van der Waals surface area contributed by atoms with Crippen molar-refractivity contribution < 1.29 is 0 Å². The fourth-order valence-electron chi connectivity index (χ4n) is 1.11. The van der Waals surface area contributed by atoms with E-state index in [1.54, 1.807) is 0 Å². The van der Waals surface area contributed by atoms with Crippen LogP contribution in [0.25, 0.3) is 0 Å². The third kappa shape index (κ3) is 2.39. The highest BCUT2D eigenvalue weighted by Crippen LogP contribution is 2.04. The van der Waals surface area contributed by atoms with Crippen molar-refractivity contribution in [1.82, 2.24) is 4.90 Å². The molecule has 0 aromatic rings. The van der Waals surface area contributed by atoms with Gasteiger partial charge < -0.3 is 10.6 Å². The van der Waals surface area contributed by atoms with Crippen molar-refractivity contribution in [3.63, 3.8) is 0 Å². The van der Waals surface area contributed by atoms with Gasteiger partial charge in [-0.25, -0.2) is 0 Å². The molecule has 0 aromatic carbocycles. The normalized spacial score (nSPS) is 22.7. The summed E-state index contributed by atoms with van der Waals surface area (Å²) in [6, 6.07) is 0. The molecule has 0 aromatic heterocycles. The van der Waals surface area contributed by atoms with Crippen molar-refractivity contribution in [1.29, 1.82) is 0 Å². The highest BCUT2D eigenvalue weighted by atomic mass is 15.2. The molecular weight excluding hydrogens is 136 g/mol. The van der Waals surface area contributed by atoms with Crippen molar-refractivity contribution in [3.8, 4) is 0 Å². The molecule has 1 aliphatic heterocycles. The maximum Gasteiger partial charge on any atom is 0.0959 e. The lowest BCUT2D eigenvalue weighted by atomic mass is 10.2. The number of allylic oxidation sites excluding steroid dienone is 2. The zero-order valence-corrected chi connectivity index (χ0v) is 7.03. The summed E-state index contributed by atoms with van der Waals surface area (Å²) < 4.78 is 0. The summed E-state index contributed by atoms with van der Waals surface area (Å²) in [5.74, 6) is 0. The lowest BCUT2D eigenvalue weighted by Gasteiger charge is -2.26. The van der Waals surface area contributed by atoms with Gasteiger partial charge in [-0.2, -0.15) is 0 Å². The van der Waals surface area contributed by atoms with Gasteiger partial charge in [0, 0.05) is 12.7 Å². The van der Waals surface area contributed by atoms with E-state index in [0.717, 1.165) is 6.54 Å². The Balaban J connectivity index is 2.33. The second kappa shape index (κ2) is 4.19. The minimum absolute atomic E-state index is 0.0894. The van der Waals surface area contributed by atoms with Crippen molar-refractivity contribution in [2.24, 2.45) is 5.73 Å². The Morgan fingerprint density at radius 2 is 2.27 bits per heavy atom. The van der Waals surface area contributed by atoms with Crippen LogP contribution < -0.4 is 5.73 Å². The Labute approximate surface area is 68.4 Å². The van der Waals surface area contributed by atoms with Crippen molar-refractivity contribution in [2.75, 3.05) is 6.54 Å². The topological polar surface area (TPSA) is 29.3 Å². The van der Waals surface area contributed by atoms with E-state index in [9.17, 15) is 0 Å². The van der Waals surface area contributed by atoms with E-state index >= 15 is 0 Å². The van der Waals surface area contributed by atoms with Gasteiger partial charge in [0.2, 0.25) is 0 Å². The number of hydrogen-bond acceptors (Lipinski definition) is 2. The molecule has 0 amide bonds. The standard InChI is InChI=1S/C9H16N2/c1-2-3-7-11-8-5-4-6-9(11)10/h4-6,8-9H,2-3,7,10H2,1H3. The lowest BCUT2D eigenvalue weighted by Crippen LogP contribution is -2.38. The first-order chi connectivity index (χ1) is 5.34. The van der Waals surface area contributed by atoms with Crippen LogP contribution in [0, 0.1) is 0 Å². The first-order valence-electron chi connectivity index (χ1n) is 4.21. The summed E-state index contributed by atoms with van der Waals surface area (Å²) in [6.07, 6.45) is 10.6. The smallest absolute Gasteiger partial charge is 0.0959 e. The molecule has 1 atom stereocenters. The third-order valence-corrected chi connectivity index (χ3v) is 1.85. The molecule has 2 N–H and O–H groups in total. The van der Waals surface area contributed by atoms with Gasteiger partial charge in [0.1, 0.15) is 0 Å². The molecule has 1 unspecified atom stereocenters. The maximum atomic E-state index is 5.81. The van der Waals surface area contributed by atoms with Gasteiger partial charge in [-0.3, -0.25) is 0 Å². The molecule has 1 rings (SSSR count). The second-order valence-corrected chi connectivity index (χ2v) is 2.81. The molecule has 1 aliphatic rings. The summed E-state index contributed by atoms with van der Waals surface area (Å²) in [7, 11) is 0. The third-order valence-electron chi connectivity index (χ3n) is 1.85. The monoisotopic (exact) mass is 152 g/mol. The Morgan fingerprint density at radius 1 is 1.45 bits per heavy atom. The van der Waals surface area contributed by atoms with Gasteiger partial charge in [-0.05, 0) is 18.6 Å². The highest BCUT2D eigenvalue weighted by Gasteiger charge is 2.07. The molecule has 62 valence electrons. The van der Waals surface area contributed by atoms with E-state index < -0.39 is 0 Å². The minimum Gasteiger partial charge on any atom is -0.359 e. The number of nitrogens with two attached hydrogens (primary N) is 1. The predicted octanol–water partition coefficient (Wildman–Crippen LogP) is 1.46. The first kappa shape index (κ1) is 8.34. The van der Waals surface area contributed by atoms with E-state index in [1.807, 2.05) is 18.2 Å². The molecule has 0 spiro atoms. The summed E-state index contributed by atoms with van der Waals surface area (Å²) in [5.41, 5.74) is 5.81. The Morgan fingerprint density at radius 3 is 2.91 bits per heavy atom. The second-order valence-electron chi connectivity index (χ2n) is 2.81. The fourth-order valence-corrected chi connectivity index (χ4v) is 1.11. The van der Waals surface area contributed by atoms with E-state index in [4.69, 9.17) is 5.73 Å². The quantitative estimate of drug-likeness (QED) is 0.663. The van der Waals surface area contributed by atoms with Crippen LogP contribution in [-0.4, -0.2) is 17.6 Å². The number of nitrogens with zero attached hydrogens (tertiary/aromatic N) is 1. The molecule has 0 fully saturated rings. The largest absolute Gasteiger partial charge is 0.359 e. The zero-order valence-electron chi connectivity index (χ0n) is 7.03. The van der Waals surface area contributed by atoms with Gasteiger partial charge >= 0.3 is 0 Å². The molecule has 0 bridgehead atoms. The van der Waals surface area contributed by atoms with Gasteiger partial charge in [-0.1, -0.05) is 19.4 Å². The fraction of sp³-hybridized carbons (Fsp3) is 0.556. The van der Waals surface area contributed by atoms with Crippen LogP contribution in [0.3, 0.4) is 0 Å². The van der Waals surface area contributed by atoms with Crippen molar-refractivity contribution in [3.05, 3.63) is 24.4 Å². The Bertz CT molecular complexity index is 161. The van der Waals surface area contributed by atoms with Gasteiger partial charge in [0.25, 0.3) is 0 Å². The number of unbranched alkanes of at least 4 members (excludes halogenated alkanes) is 1. The SMILES string of the molecule is CCCCN1C=CC=CC1N. The Hall–Kier alpha value is -0.760. The average molecular weight is 152 g/mol. The average Bonchev–Trinajstić information content (AvgIpc) is 2.03. The molecule has 0 saturated heterocycles. The van der Waals surface area contributed by atoms with Crippen LogP contribution in [0.4, 0.5) is 0 Å². The van der Waals surface area contributed by atoms with Gasteiger partial charge in [0.15, 0.2) is 0 Å². The predicted molar refractivity (Wildman–Crippen MR) is 47.9 cm³/mol. The van der Waals surface area contributed by atoms with Crippen LogP contribution in [0.15, 0.2) is 24.4 Å². The number of rotatable bonds is 3. The van der Waals surface area contributed by atoms with Crippen molar-refractivity contribution >= 4 is 0 Å². The van der Waals surface area contributed by atoms with E-state index in [0.29, 0.717) is 0 Å². The molecule has 0 radical (unpaired) electrons. The molecular formula is C9H16N2. The van der Waals surface area contributed by atoms with Crippen molar-refractivity contribution in [2.45, 2.75) is 25.9 Å². The number of hydrogen-bond donors (Lipinski definition) is 1. The zero-order chi connectivity index (χ0) is 8.10. The lowest BCUT2D eigenvalue weighted by molar-refractivity contribution is 0.316. The van der Waals surface area contributed by atoms with E-state index in [-0.39, 0.29) is 6.17 Å². The molecule has 0 aliphatic carbocycles. The van der Waals surface area contributed by atoms with Crippen LogP contribution in [0.2, 0.25) is 0 Å². The van der Waals surface area contributed by atoms with Crippen LogP contribution in [0.5, 0.6) is 0 Å². The van der Waals surface area contributed by atoms with Crippen LogP contribution in [0.1, 0.15) is 19.8 Å². The molecule has 2 nitrogen and oxygen atoms in total. The van der Waals surface area contributed by atoms with Crippen LogP contribution >= 0.6 is 0 Å². The molecule has 0 saturated carbocycles. The van der Waals surface area contributed by atoms with Gasteiger partial charge in [-0.15, -0.1) is 0 Å². The minimum atomic E-state index is 0.0894. The van der Waals surface area contributed by atoms with Gasteiger partial charge in [0.05, 0.1) is 6.17 Å². The maximum absolute atomic E-state index is 5.81. The molecule has 1 heterocycles. The first-order valence-corrected chi connectivity index (χ1v) is 4.21. The molecule has 2 heteroatoms. The molecule has 11 heavy (non-hydrogen) atoms. The summed E-state index contributed by atoms with van der Waals surface area (Å²) in [5, 5.41) is 0. The Kier molecular flexibility index (Phi) is 3.17.